The van der Waals surface area contributed by atoms with Crippen LogP contribution in [-0.4, -0.2) is 6.30 Å². The predicted octanol–water partition coefficient (Wildman–Crippen LogP) is 0.967. The fourth-order valence-electron chi connectivity index (χ4n) is 0.0463. The highest BCUT2D eigenvalue weighted by molar-refractivity contribution is 8.12. The first-order chi connectivity index (χ1) is 3.06. The molecule has 0 spiro atoms. The molecule has 0 unspecified atom stereocenters. The lowest BCUT2D eigenvalue weighted by Gasteiger charge is -1.96. The van der Waals surface area contributed by atoms with Gasteiger partial charge >= 0.3 is 6.30 Å². The van der Waals surface area contributed by atoms with Crippen LogP contribution in [0.2, 0.25) is 0 Å². The number of thiol groups is 1. The molecule has 0 bridgehead atoms. The first-order valence-corrected chi connectivity index (χ1v) is 3.03. The molecule has 0 saturated heterocycles. The number of hydrogen-bond acceptors (Lipinski definition) is 3. The minimum Gasteiger partial charge on any atom is -0.333 e. The number of hydrogen-bond donors (Lipinski definition) is 0. The third-order valence-electron chi connectivity index (χ3n) is 0.154. The van der Waals surface area contributed by atoms with Crippen molar-refractivity contribution in [2.75, 3.05) is 0 Å². The van der Waals surface area contributed by atoms with Crippen molar-refractivity contribution in [3.63, 3.8) is 0 Å². The molecular weight excluding hydrogens is 147 g/mol. The predicted molar refractivity (Wildman–Crippen MR) is 24.6 cm³/mol. The summed E-state index contributed by atoms with van der Waals surface area (Å²) in [7, 11) is -0.408. The van der Waals surface area contributed by atoms with Gasteiger partial charge in [0, 0.05) is 0 Å². The van der Waals surface area contributed by atoms with Crippen LogP contribution < -0.4 is 0 Å². The minimum atomic E-state index is -4.44. The third kappa shape index (κ3) is 6.16. The molecule has 0 aromatic rings. The molecular formula is CHF3NS2-. The third-order valence-corrected chi connectivity index (χ3v) is 0.708. The van der Waals surface area contributed by atoms with Crippen LogP contribution >= 0.6 is 0 Å². The van der Waals surface area contributed by atoms with E-state index in [2.05, 4.69) is 11.2 Å². The molecule has 0 heterocycles. The molecule has 0 aliphatic carbocycles. The maximum Gasteiger partial charge on any atom is 0.478 e. The molecule has 0 aliphatic rings. The Kier molecular flexibility index (Phi) is 2.52. The van der Waals surface area contributed by atoms with E-state index in [1.54, 1.807) is 0 Å². The van der Waals surface area contributed by atoms with Gasteiger partial charge in [0.1, 0.15) is 0 Å². The van der Waals surface area contributed by atoms with Crippen molar-refractivity contribution in [2.45, 2.75) is 6.30 Å². The van der Waals surface area contributed by atoms with Gasteiger partial charge in [-0.1, -0.05) is 0 Å². The van der Waals surface area contributed by atoms with Crippen LogP contribution in [0.1, 0.15) is 0 Å². The van der Waals surface area contributed by atoms with Gasteiger partial charge in [0.15, 0.2) is 0 Å². The molecule has 7 heavy (non-hydrogen) atoms. The van der Waals surface area contributed by atoms with E-state index < -0.39 is 16.4 Å². The van der Waals surface area contributed by atoms with Crippen molar-refractivity contribution in [2.24, 2.45) is 4.36 Å². The Morgan fingerprint density at radius 2 is 1.86 bits per heavy atom. The summed E-state index contributed by atoms with van der Waals surface area (Å²) in [6.07, 6.45) is -4.44. The van der Waals surface area contributed by atoms with E-state index in [4.69, 9.17) is 0 Å². The summed E-state index contributed by atoms with van der Waals surface area (Å²) in [4.78, 5) is 0. The van der Waals surface area contributed by atoms with Gasteiger partial charge in [0.2, 0.25) is 0 Å². The summed E-state index contributed by atoms with van der Waals surface area (Å²) >= 11 is 3.89. The van der Waals surface area contributed by atoms with Gasteiger partial charge in [0.05, 0.1) is 0 Å². The van der Waals surface area contributed by atoms with Crippen molar-refractivity contribution in [3.05, 3.63) is 0 Å². The van der Waals surface area contributed by atoms with Crippen LogP contribution in [0, 0.1) is 0 Å². The summed E-state index contributed by atoms with van der Waals surface area (Å²) in [5.41, 5.74) is 0. The normalized spacial score (nSPS) is 11.3. The van der Waals surface area contributed by atoms with Crippen LogP contribution in [0.5, 0.6) is 0 Å². The maximum absolute atomic E-state index is 10.8. The minimum absolute atomic E-state index is 0.408. The summed E-state index contributed by atoms with van der Waals surface area (Å²) in [6.45, 7) is 0. The average Bonchev–Trinajstić information content (AvgIpc) is 1.30. The smallest absolute Gasteiger partial charge is 0.333 e. The SMILES string of the molecule is FC(F)(F)N=[SH-]=S. The molecule has 6 heteroatoms. The molecule has 0 fully saturated rings. The van der Waals surface area contributed by atoms with Gasteiger partial charge in [-0.3, -0.25) is 11.2 Å². The maximum atomic E-state index is 10.8. The number of halogens is 3. The average molecular weight is 148 g/mol. The number of nitrogens with zero attached hydrogens (tertiary/aromatic N) is 1. The zero-order valence-electron chi connectivity index (χ0n) is 2.94. The summed E-state index contributed by atoms with van der Waals surface area (Å²) < 4.78 is 34.5. The molecule has 0 amide bonds. The molecule has 0 radical (unpaired) electrons. The quantitative estimate of drug-likeness (QED) is 0.283. The van der Waals surface area contributed by atoms with Crippen LogP contribution in [0.3, 0.4) is 0 Å². The molecule has 0 aromatic heterocycles. The lowest BCUT2D eigenvalue weighted by atomic mass is 11.3. The second-order valence-corrected chi connectivity index (χ2v) is 1.50. The van der Waals surface area contributed by atoms with Gasteiger partial charge in [-0.25, -0.2) is 0 Å². The van der Waals surface area contributed by atoms with Gasteiger partial charge in [0.25, 0.3) is 0 Å². The van der Waals surface area contributed by atoms with Crippen molar-refractivity contribution in [1.29, 1.82) is 0 Å². The van der Waals surface area contributed by atoms with Crippen molar-refractivity contribution in [1.82, 2.24) is 0 Å². The van der Waals surface area contributed by atoms with E-state index in [-0.39, 0.29) is 0 Å². The van der Waals surface area contributed by atoms with Crippen LogP contribution in [0.25, 0.3) is 0 Å². The molecule has 0 saturated carbocycles. The first kappa shape index (κ1) is 7.16. The first-order valence-electron chi connectivity index (χ1n) is 1.17. The highest BCUT2D eigenvalue weighted by Crippen LogP contribution is 2.14. The fourth-order valence-corrected chi connectivity index (χ4v) is 0.417. The molecule has 0 rings (SSSR count). The van der Waals surface area contributed by atoms with Crippen LogP contribution in [0.15, 0.2) is 4.36 Å². The molecule has 0 aliphatic heterocycles. The molecule has 0 atom stereocenters. The van der Waals surface area contributed by atoms with Crippen LogP contribution in [-0.2, 0) is 21.3 Å². The zero-order chi connectivity index (χ0) is 5.91. The molecule has 44 valence electrons. The van der Waals surface area contributed by atoms with E-state index in [9.17, 15) is 13.2 Å². The van der Waals surface area contributed by atoms with E-state index in [1.165, 1.54) is 0 Å². The highest BCUT2D eigenvalue weighted by atomic mass is 32.8. The lowest BCUT2D eigenvalue weighted by Crippen LogP contribution is -1.98. The van der Waals surface area contributed by atoms with Crippen molar-refractivity contribution < 1.29 is 13.2 Å². The second-order valence-electron chi connectivity index (χ2n) is 0.649. The Hall–Kier alpha value is 0.160. The van der Waals surface area contributed by atoms with Gasteiger partial charge in [-0.15, -0.1) is 0 Å². The van der Waals surface area contributed by atoms with Crippen LogP contribution in [0.4, 0.5) is 13.2 Å². The Balaban J connectivity index is 3.80. The van der Waals surface area contributed by atoms with Gasteiger partial charge < -0.3 is 14.5 Å². The number of rotatable bonds is 0. The van der Waals surface area contributed by atoms with E-state index in [1.807, 2.05) is 4.36 Å². The Morgan fingerprint density at radius 3 is 1.86 bits per heavy atom. The Morgan fingerprint density at radius 1 is 1.43 bits per heavy atom. The van der Waals surface area contributed by atoms with Gasteiger partial charge in [-0.05, 0) is 0 Å². The van der Waals surface area contributed by atoms with Crippen molar-refractivity contribution >= 4 is 21.3 Å². The topological polar surface area (TPSA) is 12.4 Å². The summed E-state index contributed by atoms with van der Waals surface area (Å²) in [6, 6.07) is 0. The largest absolute Gasteiger partial charge is 0.478 e. The zero-order valence-corrected chi connectivity index (χ0v) is 4.65. The van der Waals surface area contributed by atoms with E-state index in [0.717, 1.165) is 0 Å². The molecule has 0 N–H and O–H groups in total. The van der Waals surface area contributed by atoms with E-state index >= 15 is 0 Å². The fraction of sp³-hybridized carbons (Fsp3) is 1.00. The standard InChI is InChI=1S/CHF3NS2/c2-1(3,4)5-7-6/h7H/q-1. The van der Waals surface area contributed by atoms with E-state index in [0.29, 0.717) is 0 Å². The Bertz CT molecular complexity index is 100.0. The monoisotopic (exact) mass is 148 g/mol. The number of alkyl halides is 3. The lowest BCUT2D eigenvalue weighted by molar-refractivity contribution is -0.117. The van der Waals surface area contributed by atoms with Crippen molar-refractivity contribution in [3.8, 4) is 0 Å². The Labute approximate surface area is 45.9 Å². The summed E-state index contributed by atoms with van der Waals surface area (Å²) in [5.74, 6) is 0. The molecule has 0 aromatic carbocycles. The molecule has 1 nitrogen and oxygen atoms in total. The second kappa shape index (κ2) is 2.46. The van der Waals surface area contributed by atoms with Gasteiger partial charge in [-0.2, -0.15) is 13.2 Å². The summed E-state index contributed by atoms with van der Waals surface area (Å²) in [5, 5.41) is 0. The highest BCUT2D eigenvalue weighted by Gasteiger charge is 2.19.